The third-order valence-electron chi connectivity index (χ3n) is 5.47. The first-order valence-corrected chi connectivity index (χ1v) is 10.3. The van der Waals surface area contributed by atoms with Crippen molar-refractivity contribution >= 4 is 29.1 Å². The molecule has 2 saturated heterocycles. The first kappa shape index (κ1) is 20.7. The summed E-state index contributed by atoms with van der Waals surface area (Å²) in [4.78, 5) is 30.2. The molecule has 3 rings (SSSR count). The molecule has 0 saturated carbocycles. The fraction of sp³-hybridized carbons (Fsp3) is 0.600. The van der Waals surface area contributed by atoms with Crippen molar-refractivity contribution in [1.82, 2.24) is 15.1 Å². The molecule has 0 radical (unpaired) electrons. The number of benzene rings is 1. The van der Waals surface area contributed by atoms with E-state index in [4.69, 9.17) is 22.1 Å². The van der Waals surface area contributed by atoms with E-state index in [1.54, 1.807) is 0 Å². The molecule has 0 bridgehead atoms. The molecule has 1 aromatic rings. The van der Waals surface area contributed by atoms with Gasteiger partial charge in [-0.3, -0.25) is 9.59 Å². The number of halogens is 1. The summed E-state index contributed by atoms with van der Waals surface area (Å²) in [7, 11) is 1.47. The molecule has 3 N–H and O–H groups in total. The van der Waals surface area contributed by atoms with Crippen LogP contribution in [0.1, 0.15) is 42.5 Å². The van der Waals surface area contributed by atoms with E-state index < -0.39 is 6.04 Å². The Hall–Kier alpha value is -1.99. The van der Waals surface area contributed by atoms with Crippen LogP contribution in [0.4, 0.5) is 5.69 Å². The van der Waals surface area contributed by atoms with Gasteiger partial charge >= 0.3 is 0 Å². The molecule has 154 valence electrons. The lowest BCUT2D eigenvalue weighted by atomic mass is 10.1. The number of amides is 2. The Morgan fingerprint density at radius 2 is 1.79 bits per heavy atom. The number of carbonyl (C=O) groups excluding carboxylic acids is 2. The zero-order valence-electron chi connectivity index (χ0n) is 16.4. The fourth-order valence-electron chi connectivity index (χ4n) is 3.89. The van der Waals surface area contributed by atoms with E-state index in [0.717, 1.165) is 51.9 Å². The average Bonchev–Trinajstić information content (AvgIpc) is 3.24. The quantitative estimate of drug-likeness (QED) is 0.704. The molecule has 2 aliphatic rings. The van der Waals surface area contributed by atoms with Crippen LogP contribution in [0.5, 0.6) is 5.75 Å². The lowest BCUT2D eigenvalue weighted by molar-refractivity contribution is -0.132. The number of ether oxygens (including phenoxy) is 1. The number of hydrogen-bond donors (Lipinski definition) is 2. The summed E-state index contributed by atoms with van der Waals surface area (Å²) >= 11 is 6.10. The van der Waals surface area contributed by atoms with E-state index in [9.17, 15) is 9.59 Å². The molecular weight excluding hydrogens is 380 g/mol. The molecule has 28 heavy (non-hydrogen) atoms. The number of piperidine rings is 1. The smallest absolute Gasteiger partial charge is 0.255 e. The van der Waals surface area contributed by atoms with Gasteiger partial charge in [0, 0.05) is 25.7 Å². The second-order valence-corrected chi connectivity index (χ2v) is 7.90. The van der Waals surface area contributed by atoms with Crippen LogP contribution in [0.15, 0.2) is 12.1 Å². The minimum Gasteiger partial charge on any atom is -0.496 e. The number of hydrogen-bond acceptors (Lipinski definition) is 5. The molecule has 7 nitrogen and oxygen atoms in total. The normalized spacial score (nSPS) is 18.7. The first-order chi connectivity index (χ1) is 13.5. The summed E-state index contributed by atoms with van der Waals surface area (Å²) < 4.78 is 5.29. The van der Waals surface area contributed by atoms with Crippen LogP contribution in [0.25, 0.3) is 0 Å². The predicted octanol–water partition coefficient (Wildman–Crippen LogP) is 2.14. The number of methoxy groups -OCH3 is 1. The number of anilines is 1. The monoisotopic (exact) mass is 408 g/mol. The highest BCUT2D eigenvalue weighted by molar-refractivity contribution is 6.33. The van der Waals surface area contributed by atoms with Gasteiger partial charge < -0.3 is 25.6 Å². The van der Waals surface area contributed by atoms with Crippen molar-refractivity contribution in [3.05, 3.63) is 22.7 Å². The zero-order chi connectivity index (χ0) is 20.1. The van der Waals surface area contributed by atoms with Crippen molar-refractivity contribution in [3.8, 4) is 5.75 Å². The maximum absolute atomic E-state index is 13.1. The van der Waals surface area contributed by atoms with Crippen molar-refractivity contribution in [2.75, 3.05) is 45.6 Å². The molecule has 0 aliphatic carbocycles. The molecule has 0 aromatic heterocycles. The van der Waals surface area contributed by atoms with E-state index in [1.165, 1.54) is 25.7 Å². The number of nitrogen functional groups attached to an aromatic ring is 1. The largest absolute Gasteiger partial charge is 0.496 e. The van der Waals surface area contributed by atoms with Crippen LogP contribution in [-0.4, -0.2) is 67.5 Å². The van der Waals surface area contributed by atoms with E-state index in [2.05, 4.69) is 10.2 Å². The topological polar surface area (TPSA) is 87.9 Å². The highest BCUT2D eigenvalue weighted by Crippen LogP contribution is 2.29. The van der Waals surface area contributed by atoms with Crippen molar-refractivity contribution in [2.45, 2.75) is 38.1 Å². The highest BCUT2D eigenvalue weighted by Gasteiger charge is 2.31. The van der Waals surface area contributed by atoms with Gasteiger partial charge in [-0.2, -0.15) is 0 Å². The Labute approximate surface area is 171 Å². The Bertz CT molecular complexity index is 716. The Morgan fingerprint density at radius 1 is 1.14 bits per heavy atom. The van der Waals surface area contributed by atoms with Crippen LogP contribution in [0.3, 0.4) is 0 Å². The van der Waals surface area contributed by atoms with Gasteiger partial charge in [0.05, 0.1) is 23.4 Å². The van der Waals surface area contributed by atoms with E-state index in [1.807, 2.05) is 4.90 Å². The number of nitrogens with zero attached hydrogens (tertiary/aromatic N) is 2. The molecule has 0 spiro atoms. The summed E-state index contributed by atoms with van der Waals surface area (Å²) in [6.07, 6.45) is 5.49. The van der Waals surface area contributed by atoms with Crippen LogP contribution < -0.4 is 15.8 Å². The first-order valence-electron chi connectivity index (χ1n) is 9.94. The summed E-state index contributed by atoms with van der Waals surface area (Å²) in [5, 5.41) is 3.21. The van der Waals surface area contributed by atoms with Crippen molar-refractivity contribution < 1.29 is 14.3 Å². The number of nitrogens with two attached hydrogens (primary N) is 1. The summed E-state index contributed by atoms with van der Waals surface area (Å²) in [6.45, 7) is 3.93. The Kier molecular flexibility index (Phi) is 7.02. The maximum atomic E-state index is 13.1. The van der Waals surface area contributed by atoms with Crippen LogP contribution in [-0.2, 0) is 4.79 Å². The second kappa shape index (κ2) is 9.47. The van der Waals surface area contributed by atoms with E-state index in [-0.39, 0.29) is 22.4 Å². The predicted molar refractivity (Wildman–Crippen MR) is 110 cm³/mol. The van der Waals surface area contributed by atoms with Gasteiger partial charge in [0.2, 0.25) is 5.91 Å². The number of rotatable bonds is 6. The van der Waals surface area contributed by atoms with Gasteiger partial charge in [-0.15, -0.1) is 0 Å². The second-order valence-electron chi connectivity index (χ2n) is 7.49. The SMILES string of the molecule is COc1cc(N)c(Cl)cc1C(=O)NC(CN1CCCCC1)C(=O)N1CCCC1. The molecule has 1 aromatic carbocycles. The molecule has 2 aliphatic heterocycles. The Morgan fingerprint density at radius 3 is 2.43 bits per heavy atom. The molecule has 1 atom stereocenters. The van der Waals surface area contributed by atoms with Crippen LogP contribution in [0.2, 0.25) is 5.02 Å². The molecular formula is C20H29ClN4O3. The molecule has 2 heterocycles. The summed E-state index contributed by atoms with van der Waals surface area (Å²) in [5.74, 6) is -0.0602. The standard InChI is InChI=1S/C20H29ClN4O3/c1-28-18-12-16(22)15(21)11-14(18)19(26)23-17(13-24-7-3-2-4-8-24)20(27)25-9-5-6-10-25/h11-12,17H,2-10,13,22H2,1H3,(H,23,26). The van der Waals surface area contributed by atoms with Crippen molar-refractivity contribution in [1.29, 1.82) is 0 Å². The molecule has 8 heteroatoms. The van der Waals surface area contributed by atoms with Crippen LogP contribution in [0, 0.1) is 0 Å². The third-order valence-corrected chi connectivity index (χ3v) is 5.80. The van der Waals surface area contributed by atoms with Crippen LogP contribution >= 0.6 is 11.6 Å². The van der Waals surface area contributed by atoms with E-state index >= 15 is 0 Å². The van der Waals surface area contributed by atoms with Gasteiger partial charge in [-0.1, -0.05) is 18.0 Å². The fourth-order valence-corrected chi connectivity index (χ4v) is 4.06. The highest BCUT2D eigenvalue weighted by atomic mass is 35.5. The minimum atomic E-state index is -0.593. The van der Waals surface area contributed by atoms with Gasteiger partial charge in [0.15, 0.2) is 0 Å². The number of carbonyl (C=O) groups is 2. The van der Waals surface area contributed by atoms with Crippen molar-refractivity contribution in [3.63, 3.8) is 0 Å². The molecule has 2 amide bonds. The minimum absolute atomic E-state index is 0.0167. The van der Waals surface area contributed by atoms with Gasteiger partial charge in [-0.25, -0.2) is 0 Å². The van der Waals surface area contributed by atoms with Gasteiger partial charge in [0.1, 0.15) is 11.8 Å². The maximum Gasteiger partial charge on any atom is 0.255 e. The number of nitrogens with one attached hydrogen (secondary N) is 1. The molecule has 2 fully saturated rings. The average molecular weight is 409 g/mol. The lowest BCUT2D eigenvalue weighted by Crippen LogP contribution is -2.54. The lowest BCUT2D eigenvalue weighted by Gasteiger charge is -2.32. The van der Waals surface area contributed by atoms with Gasteiger partial charge in [-0.05, 0) is 44.8 Å². The Balaban J connectivity index is 1.78. The third kappa shape index (κ3) is 4.89. The van der Waals surface area contributed by atoms with E-state index in [0.29, 0.717) is 18.0 Å². The van der Waals surface area contributed by atoms with Crippen molar-refractivity contribution in [2.24, 2.45) is 0 Å². The summed E-state index contributed by atoms with van der Waals surface area (Å²) in [5.41, 5.74) is 6.43. The number of likely N-dealkylation sites (tertiary alicyclic amines) is 2. The van der Waals surface area contributed by atoms with Gasteiger partial charge in [0.25, 0.3) is 5.91 Å². The molecule has 1 unspecified atom stereocenters. The summed E-state index contributed by atoms with van der Waals surface area (Å²) in [6, 6.07) is 2.42. The zero-order valence-corrected chi connectivity index (χ0v) is 17.1.